The largest absolute Gasteiger partial charge is 0.492 e. The van der Waals surface area contributed by atoms with Crippen molar-refractivity contribution >= 4 is 5.71 Å². The molecular formula is C10H11NO. The summed E-state index contributed by atoms with van der Waals surface area (Å²) in [6.45, 7) is 0.754. The lowest BCUT2D eigenvalue weighted by Crippen LogP contribution is -2.15. The van der Waals surface area contributed by atoms with Crippen molar-refractivity contribution in [3.05, 3.63) is 29.8 Å². The van der Waals surface area contributed by atoms with Crippen molar-refractivity contribution in [1.82, 2.24) is 0 Å². The van der Waals surface area contributed by atoms with Crippen LogP contribution in [-0.2, 0) is 0 Å². The molecule has 0 unspecified atom stereocenters. The Balaban J connectivity index is 2.51. The highest BCUT2D eigenvalue weighted by Gasteiger charge is 2.14. The van der Waals surface area contributed by atoms with E-state index in [2.05, 4.69) is 11.1 Å². The predicted octanol–water partition coefficient (Wildman–Crippen LogP) is 1.89. The first-order valence-corrected chi connectivity index (χ1v) is 4.09. The summed E-state index contributed by atoms with van der Waals surface area (Å²) in [4.78, 5) is 4.23. The molecule has 0 spiro atoms. The molecule has 0 atom stereocenters. The molecule has 0 aliphatic carbocycles. The SMILES string of the molecule is CN=C1CCOc2ccccc21. The number of hydrogen-bond acceptors (Lipinski definition) is 2. The van der Waals surface area contributed by atoms with Crippen LogP contribution in [0.5, 0.6) is 5.75 Å². The number of hydrogen-bond donors (Lipinski definition) is 0. The van der Waals surface area contributed by atoms with Crippen LogP contribution >= 0.6 is 0 Å². The van der Waals surface area contributed by atoms with Gasteiger partial charge in [0.25, 0.3) is 0 Å². The van der Waals surface area contributed by atoms with Gasteiger partial charge in [0, 0.05) is 24.7 Å². The minimum absolute atomic E-state index is 0.754. The molecule has 1 aromatic carbocycles. The minimum Gasteiger partial charge on any atom is -0.492 e. The van der Waals surface area contributed by atoms with Crippen LogP contribution < -0.4 is 4.74 Å². The van der Waals surface area contributed by atoms with Gasteiger partial charge >= 0.3 is 0 Å². The van der Waals surface area contributed by atoms with Crippen molar-refractivity contribution in [3.63, 3.8) is 0 Å². The van der Waals surface area contributed by atoms with Crippen LogP contribution in [0.4, 0.5) is 0 Å². The van der Waals surface area contributed by atoms with Gasteiger partial charge in [0.05, 0.1) is 6.61 Å². The Morgan fingerprint density at radius 2 is 2.17 bits per heavy atom. The molecular weight excluding hydrogens is 150 g/mol. The summed E-state index contributed by atoms with van der Waals surface area (Å²) in [5.41, 5.74) is 2.29. The Kier molecular flexibility index (Phi) is 1.82. The zero-order valence-electron chi connectivity index (χ0n) is 7.08. The zero-order chi connectivity index (χ0) is 8.39. The van der Waals surface area contributed by atoms with E-state index in [1.165, 1.54) is 0 Å². The quantitative estimate of drug-likeness (QED) is 0.569. The Bertz CT molecular complexity index is 317. The maximum atomic E-state index is 5.47. The summed E-state index contributed by atoms with van der Waals surface area (Å²) < 4.78 is 5.47. The van der Waals surface area contributed by atoms with Gasteiger partial charge in [0.1, 0.15) is 5.75 Å². The van der Waals surface area contributed by atoms with Gasteiger partial charge in [-0.05, 0) is 12.1 Å². The van der Waals surface area contributed by atoms with Gasteiger partial charge in [0.15, 0.2) is 0 Å². The highest BCUT2D eigenvalue weighted by atomic mass is 16.5. The number of fused-ring (bicyclic) bond motifs is 1. The van der Waals surface area contributed by atoms with Gasteiger partial charge < -0.3 is 4.74 Å². The number of para-hydroxylation sites is 1. The van der Waals surface area contributed by atoms with E-state index in [1.54, 1.807) is 0 Å². The molecule has 12 heavy (non-hydrogen) atoms. The molecule has 2 nitrogen and oxygen atoms in total. The summed E-state index contributed by atoms with van der Waals surface area (Å²) in [6, 6.07) is 8.03. The van der Waals surface area contributed by atoms with Gasteiger partial charge in [-0.15, -0.1) is 0 Å². The summed E-state index contributed by atoms with van der Waals surface area (Å²) in [7, 11) is 1.83. The van der Waals surface area contributed by atoms with E-state index in [0.29, 0.717) is 0 Å². The van der Waals surface area contributed by atoms with Crippen molar-refractivity contribution < 1.29 is 4.74 Å². The monoisotopic (exact) mass is 161 g/mol. The summed E-state index contributed by atoms with van der Waals surface area (Å²) >= 11 is 0. The molecule has 0 saturated carbocycles. The number of benzene rings is 1. The van der Waals surface area contributed by atoms with Crippen molar-refractivity contribution in [2.24, 2.45) is 4.99 Å². The Labute approximate surface area is 71.9 Å². The van der Waals surface area contributed by atoms with Crippen LogP contribution in [0, 0.1) is 0 Å². The molecule has 1 aromatic rings. The van der Waals surface area contributed by atoms with Crippen LogP contribution in [0.15, 0.2) is 29.3 Å². The molecule has 0 saturated heterocycles. The molecule has 0 aromatic heterocycles. The molecule has 1 heterocycles. The third kappa shape index (κ3) is 1.09. The van der Waals surface area contributed by atoms with E-state index < -0.39 is 0 Å². The number of aliphatic imine (C=N–C) groups is 1. The van der Waals surface area contributed by atoms with E-state index in [0.717, 1.165) is 30.1 Å². The van der Waals surface area contributed by atoms with E-state index in [-0.39, 0.29) is 0 Å². The van der Waals surface area contributed by atoms with Gasteiger partial charge in [-0.1, -0.05) is 12.1 Å². The smallest absolute Gasteiger partial charge is 0.128 e. The average molecular weight is 161 g/mol. The Hall–Kier alpha value is -1.31. The van der Waals surface area contributed by atoms with Crippen molar-refractivity contribution in [1.29, 1.82) is 0 Å². The predicted molar refractivity (Wildman–Crippen MR) is 49.0 cm³/mol. The zero-order valence-corrected chi connectivity index (χ0v) is 7.08. The molecule has 62 valence electrons. The lowest BCUT2D eigenvalue weighted by molar-refractivity contribution is 0.320. The van der Waals surface area contributed by atoms with Crippen molar-refractivity contribution in [2.45, 2.75) is 6.42 Å². The maximum absolute atomic E-state index is 5.47. The first-order chi connectivity index (χ1) is 5.92. The first kappa shape index (κ1) is 7.35. The molecule has 0 N–H and O–H groups in total. The van der Waals surface area contributed by atoms with Gasteiger partial charge in [0.2, 0.25) is 0 Å². The molecule has 0 bridgehead atoms. The molecule has 2 heteroatoms. The Morgan fingerprint density at radius 3 is 3.00 bits per heavy atom. The number of nitrogens with zero attached hydrogens (tertiary/aromatic N) is 1. The number of rotatable bonds is 0. The molecule has 2 rings (SSSR count). The molecule has 0 amide bonds. The average Bonchev–Trinajstić information content (AvgIpc) is 2.17. The second-order valence-electron chi connectivity index (χ2n) is 2.76. The topological polar surface area (TPSA) is 21.6 Å². The molecule has 1 aliphatic rings. The third-order valence-corrected chi connectivity index (χ3v) is 2.06. The van der Waals surface area contributed by atoms with Crippen LogP contribution in [-0.4, -0.2) is 19.4 Å². The number of ether oxygens (including phenoxy) is 1. The molecule has 1 aliphatic heterocycles. The summed E-state index contributed by atoms with van der Waals surface area (Å²) in [5, 5.41) is 0. The molecule has 0 fully saturated rings. The fourth-order valence-corrected chi connectivity index (χ4v) is 1.46. The van der Waals surface area contributed by atoms with Gasteiger partial charge in [-0.3, -0.25) is 4.99 Å². The van der Waals surface area contributed by atoms with Crippen molar-refractivity contribution in [2.75, 3.05) is 13.7 Å². The Morgan fingerprint density at radius 1 is 1.33 bits per heavy atom. The standard InChI is InChI=1S/C10H11NO/c1-11-9-6-7-12-10-5-3-2-4-8(9)10/h2-5H,6-7H2,1H3. The fraction of sp³-hybridized carbons (Fsp3) is 0.300. The van der Waals surface area contributed by atoms with Gasteiger partial charge in [-0.2, -0.15) is 0 Å². The van der Waals surface area contributed by atoms with Crippen LogP contribution in [0.2, 0.25) is 0 Å². The van der Waals surface area contributed by atoms with E-state index in [9.17, 15) is 0 Å². The van der Waals surface area contributed by atoms with E-state index in [1.807, 2.05) is 25.2 Å². The maximum Gasteiger partial charge on any atom is 0.128 e. The summed E-state index contributed by atoms with van der Waals surface area (Å²) in [5.74, 6) is 0.962. The van der Waals surface area contributed by atoms with Crippen LogP contribution in [0.1, 0.15) is 12.0 Å². The highest BCUT2D eigenvalue weighted by Crippen LogP contribution is 2.23. The normalized spacial score (nSPS) is 18.6. The second-order valence-corrected chi connectivity index (χ2v) is 2.76. The third-order valence-electron chi connectivity index (χ3n) is 2.06. The highest BCUT2D eigenvalue weighted by molar-refractivity contribution is 6.03. The lowest BCUT2D eigenvalue weighted by atomic mass is 10.0. The van der Waals surface area contributed by atoms with Gasteiger partial charge in [-0.25, -0.2) is 0 Å². The van der Waals surface area contributed by atoms with Crippen LogP contribution in [0.25, 0.3) is 0 Å². The minimum atomic E-state index is 0.754. The van der Waals surface area contributed by atoms with Crippen LogP contribution in [0.3, 0.4) is 0 Å². The second kappa shape index (κ2) is 2.97. The van der Waals surface area contributed by atoms with E-state index >= 15 is 0 Å². The van der Waals surface area contributed by atoms with Crippen molar-refractivity contribution in [3.8, 4) is 5.75 Å². The van der Waals surface area contributed by atoms with E-state index in [4.69, 9.17) is 4.74 Å². The lowest BCUT2D eigenvalue weighted by Gasteiger charge is -2.18. The molecule has 0 radical (unpaired) electrons. The first-order valence-electron chi connectivity index (χ1n) is 4.09. The summed E-state index contributed by atoms with van der Waals surface area (Å²) in [6.07, 6.45) is 0.924. The fourth-order valence-electron chi connectivity index (χ4n) is 1.46.